The van der Waals surface area contributed by atoms with Crippen LogP contribution in [0.2, 0.25) is 13.1 Å². The minimum absolute atomic E-state index is 1.40. The molecule has 2 aromatic heterocycles. The molecule has 0 N–H and O–H groups in total. The molecule has 0 unspecified atom stereocenters. The van der Waals surface area contributed by atoms with Gasteiger partial charge in [-0.1, -0.05) is 25.2 Å². The monoisotopic (exact) mass is 302 g/mol. The second-order valence-corrected chi connectivity index (χ2v) is 12.5. The molecule has 0 bridgehead atoms. The van der Waals surface area contributed by atoms with E-state index in [1.54, 1.807) is 10.4 Å². The van der Waals surface area contributed by atoms with Crippen LogP contribution in [0, 0.1) is 13.8 Å². The van der Waals surface area contributed by atoms with E-state index in [0.29, 0.717) is 0 Å². The van der Waals surface area contributed by atoms with Gasteiger partial charge in [0.05, 0.1) is 0 Å². The lowest BCUT2D eigenvalue weighted by Crippen LogP contribution is -2.27. The van der Waals surface area contributed by atoms with Gasteiger partial charge in [-0.2, -0.15) is 0 Å². The van der Waals surface area contributed by atoms with Crippen molar-refractivity contribution in [2.75, 3.05) is 0 Å². The average molecular weight is 303 g/mol. The van der Waals surface area contributed by atoms with Crippen molar-refractivity contribution in [3.05, 3.63) is 55.9 Å². The summed E-state index contributed by atoms with van der Waals surface area (Å²) in [4.78, 5) is 5.74. The van der Waals surface area contributed by atoms with E-state index in [1.807, 2.05) is 22.7 Å². The number of allylic oxidation sites excluding steroid dienone is 2. The maximum Gasteiger partial charge on any atom is 0.115 e. The molecule has 0 saturated carbocycles. The molecule has 0 amide bonds. The first kappa shape index (κ1) is 13.1. The number of thiophene rings is 2. The Kier molecular flexibility index (Phi) is 3.16. The molecule has 19 heavy (non-hydrogen) atoms. The fourth-order valence-corrected chi connectivity index (χ4v) is 8.79. The molecule has 0 spiro atoms. The van der Waals surface area contributed by atoms with E-state index in [4.69, 9.17) is 0 Å². The van der Waals surface area contributed by atoms with Gasteiger partial charge in [-0.15, -0.1) is 22.7 Å². The summed E-state index contributed by atoms with van der Waals surface area (Å²) in [6, 6.07) is 9.05. The summed E-state index contributed by atoms with van der Waals surface area (Å²) in [5.41, 5.74) is 0. The van der Waals surface area contributed by atoms with Crippen LogP contribution in [0.4, 0.5) is 0 Å². The zero-order valence-corrected chi connectivity index (χ0v) is 14.4. The van der Waals surface area contributed by atoms with E-state index in [2.05, 4.69) is 63.4 Å². The van der Waals surface area contributed by atoms with Gasteiger partial charge in [-0.25, -0.2) is 0 Å². The molecule has 3 heteroatoms. The van der Waals surface area contributed by atoms with E-state index < -0.39 is 8.07 Å². The van der Waals surface area contributed by atoms with Gasteiger partial charge < -0.3 is 0 Å². The van der Waals surface area contributed by atoms with E-state index in [-0.39, 0.29) is 0 Å². The van der Waals surface area contributed by atoms with E-state index in [0.717, 1.165) is 0 Å². The zero-order valence-electron chi connectivity index (χ0n) is 11.8. The Hall–Kier alpha value is -0.903. The molecule has 0 nitrogen and oxygen atoms in total. The van der Waals surface area contributed by atoms with Crippen LogP contribution in [-0.4, -0.2) is 8.07 Å². The lowest BCUT2D eigenvalue weighted by atomic mass is 10.3. The quantitative estimate of drug-likeness (QED) is 0.625. The Balaban J connectivity index is 1.98. The average Bonchev–Trinajstić information content (AvgIpc) is 2.98. The normalized spacial score (nSPS) is 17.5. The highest BCUT2D eigenvalue weighted by molar-refractivity contribution is 7.22. The Labute approximate surface area is 124 Å². The summed E-state index contributed by atoms with van der Waals surface area (Å²) in [6.45, 7) is 9.33. The lowest BCUT2D eigenvalue weighted by Gasteiger charge is -2.23. The molecule has 0 aliphatic carbocycles. The van der Waals surface area contributed by atoms with Crippen molar-refractivity contribution < 1.29 is 0 Å². The van der Waals surface area contributed by atoms with Crippen molar-refractivity contribution in [1.29, 1.82) is 0 Å². The molecule has 1 aliphatic rings. The van der Waals surface area contributed by atoms with Crippen LogP contribution in [0.1, 0.15) is 19.5 Å². The highest BCUT2D eigenvalue weighted by Gasteiger charge is 2.36. The Morgan fingerprint density at radius 3 is 1.47 bits per heavy atom. The van der Waals surface area contributed by atoms with Gasteiger partial charge in [-0.05, 0) is 48.5 Å². The van der Waals surface area contributed by atoms with Crippen LogP contribution in [-0.2, 0) is 0 Å². The molecule has 3 rings (SSSR count). The molecule has 0 atom stereocenters. The lowest BCUT2D eigenvalue weighted by molar-refractivity contribution is 1.64. The first-order valence-corrected chi connectivity index (χ1v) is 11.2. The second-order valence-electron chi connectivity index (χ2n) is 5.61. The van der Waals surface area contributed by atoms with Crippen molar-refractivity contribution in [2.45, 2.75) is 26.9 Å². The maximum atomic E-state index is 2.47. The molecule has 0 fully saturated rings. The van der Waals surface area contributed by atoms with Gasteiger partial charge >= 0.3 is 0 Å². The van der Waals surface area contributed by atoms with Gasteiger partial charge in [-0.3, -0.25) is 0 Å². The van der Waals surface area contributed by atoms with Crippen molar-refractivity contribution in [3.8, 4) is 0 Å². The fraction of sp³-hybridized carbons (Fsp3) is 0.250. The van der Waals surface area contributed by atoms with Gasteiger partial charge in [0.25, 0.3) is 0 Å². The van der Waals surface area contributed by atoms with Crippen LogP contribution in [0.15, 0.2) is 36.4 Å². The maximum absolute atomic E-state index is 2.47. The van der Waals surface area contributed by atoms with Gasteiger partial charge in [0.1, 0.15) is 8.07 Å². The predicted molar refractivity (Wildman–Crippen MR) is 91.5 cm³/mol. The van der Waals surface area contributed by atoms with Crippen LogP contribution in [0.3, 0.4) is 0 Å². The first-order valence-electron chi connectivity index (χ1n) is 6.55. The zero-order chi connectivity index (χ0) is 13.6. The van der Waals surface area contributed by atoms with Crippen LogP contribution in [0.5, 0.6) is 0 Å². The summed E-state index contributed by atoms with van der Waals surface area (Å²) >= 11 is 3.85. The van der Waals surface area contributed by atoms with Crippen molar-refractivity contribution >= 4 is 41.1 Å². The molecule has 1 aliphatic heterocycles. The highest BCUT2D eigenvalue weighted by Crippen LogP contribution is 2.44. The first-order chi connectivity index (χ1) is 8.98. The Morgan fingerprint density at radius 1 is 0.737 bits per heavy atom. The number of hydrogen-bond donors (Lipinski definition) is 0. The van der Waals surface area contributed by atoms with E-state index >= 15 is 0 Å². The highest BCUT2D eigenvalue weighted by atomic mass is 32.1. The summed E-state index contributed by atoms with van der Waals surface area (Å²) in [6.07, 6.45) is 4.73. The van der Waals surface area contributed by atoms with Crippen molar-refractivity contribution in [3.63, 3.8) is 0 Å². The van der Waals surface area contributed by atoms with Crippen LogP contribution in [0.25, 0.3) is 10.4 Å². The largest absolute Gasteiger partial charge is 0.141 e. The molecule has 3 heterocycles. The Morgan fingerprint density at radius 2 is 1.16 bits per heavy atom. The molecule has 0 aromatic carbocycles. The van der Waals surface area contributed by atoms with E-state index in [1.165, 1.54) is 19.5 Å². The third-order valence-corrected chi connectivity index (χ3v) is 9.77. The molecule has 0 saturated heterocycles. The smallest absolute Gasteiger partial charge is 0.115 e. The molecular formula is C16H18S2Si. The van der Waals surface area contributed by atoms with Crippen molar-refractivity contribution in [2.24, 2.45) is 0 Å². The predicted octanol–water partition coefficient (Wildman–Crippen LogP) is 5.69. The molecule has 98 valence electrons. The standard InChI is InChI=1S/C16H18S2Si/c1-11-5-7-13(17-11)15-9-10-16(19(15,3)4)14-8-6-12(2)18-14/h5-10H,1-4H3. The third kappa shape index (κ3) is 2.20. The van der Waals surface area contributed by atoms with Gasteiger partial charge in [0.15, 0.2) is 0 Å². The minimum Gasteiger partial charge on any atom is -0.141 e. The summed E-state index contributed by atoms with van der Waals surface area (Å²) in [7, 11) is -1.51. The Bertz CT molecular complexity index is 625. The number of hydrogen-bond acceptors (Lipinski definition) is 2. The van der Waals surface area contributed by atoms with Gasteiger partial charge in [0.2, 0.25) is 0 Å². The third-order valence-electron chi connectivity index (χ3n) is 3.77. The molecule has 2 aromatic rings. The molecule has 0 radical (unpaired) electrons. The summed E-state index contributed by atoms with van der Waals surface area (Å²) < 4.78 is 0. The number of aryl methyl sites for hydroxylation is 2. The van der Waals surface area contributed by atoms with Crippen molar-refractivity contribution in [1.82, 2.24) is 0 Å². The SMILES string of the molecule is Cc1ccc(C2=CC=C(c3ccc(C)s3)[Si]2(C)C)s1. The van der Waals surface area contributed by atoms with E-state index in [9.17, 15) is 0 Å². The molecular weight excluding hydrogens is 284 g/mol. The summed E-state index contributed by atoms with van der Waals surface area (Å²) in [5.74, 6) is 0. The summed E-state index contributed by atoms with van der Waals surface area (Å²) in [5, 5.41) is 3.18. The topological polar surface area (TPSA) is 0 Å². The number of rotatable bonds is 2. The van der Waals surface area contributed by atoms with Crippen LogP contribution >= 0.6 is 22.7 Å². The minimum atomic E-state index is -1.51. The second kappa shape index (κ2) is 4.58. The fourth-order valence-electron chi connectivity index (χ4n) is 2.67. The van der Waals surface area contributed by atoms with Gasteiger partial charge in [0, 0.05) is 19.5 Å². The van der Waals surface area contributed by atoms with Crippen LogP contribution < -0.4 is 0 Å².